The van der Waals surface area contributed by atoms with Gasteiger partial charge < -0.3 is 16.2 Å². The van der Waals surface area contributed by atoms with E-state index < -0.39 is 0 Å². The van der Waals surface area contributed by atoms with E-state index in [4.69, 9.17) is 10.8 Å². The van der Waals surface area contributed by atoms with Gasteiger partial charge in [0.15, 0.2) is 0 Å². The summed E-state index contributed by atoms with van der Waals surface area (Å²) in [5.74, 6) is 0.581. The number of aliphatic hydroxyl groups excluding tert-OH is 1. The summed E-state index contributed by atoms with van der Waals surface area (Å²) in [6.07, 6.45) is 3.55. The minimum absolute atomic E-state index is 0.0538. The Labute approximate surface area is 93.4 Å². The minimum Gasteiger partial charge on any atom is -0.395 e. The lowest BCUT2D eigenvalue weighted by Crippen LogP contribution is -2.59. The van der Waals surface area contributed by atoms with Crippen LogP contribution in [-0.4, -0.2) is 30.3 Å². The molecule has 3 nitrogen and oxygen atoms in total. The third kappa shape index (κ3) is 2.92. The molecule has 0 spiro atoms. The number of aliphatic hydroxyl groups is 1. The Morgan fingerprint density at radius 2 is 2.07 bits per heavy atom. The Morgan fingerprint density at radius 1 is 1.40 bits per heavy atom. The molecular formula is C12H26N2O. The van der Waals surface area contributed by atoms with Crippen molar-refractivity contribution in [3.8, 4) is 0 Å². The highest BCUT2D eigenvalue weighted by molar-refractivity contribution is 5.00. The number of nitrogens with one attached hydrogen (secondary N) is 1. The van der Waals surface area contributed by atoms with Crippen LogP contribution in [0.15, 0.2) is 0 Å². The van der Waals surface area contributed by atoms with Gasteiger partial charge in [-0.15, -0.1) is 0 Å². The first-order valence-electron chi connectivity index (χ1n) is 6.02. The molecule has 0 aromatic heterocycles. The standard InChI is InChI=1S/C12H26N2O/c1-10-8-11(2,3)4-5-12(10,9-13)14-6-7-15/h10,14-15H,4-9,13H2,1-3H3. The molecule has 1 saturated carbocycles. The van der Waals surface area contributed by atoms with Gasteiger partial charge in [-0.1, -0.05) is 20.8 Å². The van der Waals surface area contributed by atoms with Gasteiger partial charge in [0.25, 0.3) is 0 Å². The zero-order valence-corrected chi connectivity index (χ0v) is 10.3. The highest BCUT2D eigenvalue weighted by atomic mass is 16.3. The van der Waals surface area contributed by atoms with Crippen LogP contribution < -0.4 is 11.1 Å². The molecule has 2 unspecified atom stereocenters. The zero-order valence-electron chi connectivity index (χ0n) is 10.3. The Kier molecular flexibility index (Phi) is 4.15. The fourth-order valence-corrected chi connectivity index (χ4v) is 2.88. The molecule has 2 atom stereocenters. The Bertz CT molecular complexity index is 206. The Hall–Kier alpha value is -0.120. The van der Waals surface area contributed by atoms with Crippen LogP contribution in [0.3, 0.4) is 0 Å². The molecule has 0 aromatic rings. The molecule has 0 amide bonds. The second-order valence-corrected chi connectivity index (χ2v) is 5.78. The maximum absolute atomic E-state index is 8.89. The normalized spacial score (nSPS) is 35.4. The summed E-state index contributed by atoms with van der Waals surface area (Å²) in [4.78, 5) is 0. The molecule has 4 N–H and O–H groups in total. The average Bonchev–Trinajstić information content (AvgIpc) is 2.17. The quantitative estimate of drug-likeness (QED) is 0.657. The van der Waals surface area contributed by atoms with Gasteiger partial charge in [0.05, 0.1) is 6.61 Å². The SMILES string of the molecule is CC1CC(C)(C)CCC1(CN)NCCO. The first-order valence-corrected chi connectivity index (χ1v) is 6.02. The van der Waals surface area contributed by atoms with Crippen LogP contribution in [0.2, 0.25) is 0 Å². The first-order chi connectivity index (χ1) is 6.96. The maximum atomic E-state index is 8.89. The lowest BCUT2D eigenvalue weighted by atomic mass is 9.64. The second-order valence-electron chi connectivity index (χ2n) is 5.78. The van der Waals surface area contributed by atoms with Crippen molar-refractivity contribution in [1.29, 1.82) is 0 Å². The predicted molar refractivity (Wildman–Crippen MR) is 63.7 cm³/mol. The maximum Gasteiger partial charge on any atom is 0.0556 e. The molecule has 1 rings (SSSR count). The summed E-state index contributed by atoms with van der Waals surface area (Å²) in [5.41, 5.74) is 6.41. The van der Waals surface area contributed by atoms with Gasteiger partial charge in [-0.2, -0.15) is 0 Å². The van der Waals surface area contributed by atoms with Gasteiger partial charge in [-0.25, -0.2) is 0 Å². The average molecular weight is 214 g/mol. The van der Waals surface area contributed by atoms with E-state index in [1.165, 1.54) is 12.8 Å². The van der Waals surface area contributed by atoms with Crippen LogP contribution in [-0.2, 0) is 0 Å². The van der Waals surface area contributed by atoms with Crippen molar-refractivity contribution < 1.29 is 5.11 Å². The fraction of sp³-hybridized carbons (Fsp3) is 1.00. The third-order valence-corrected chi connectivity index (χ3v) is 4.00. The molecule has 3 heteroatoms. The molecular weight excluding hydrogens is 188 g/mol. The summed E-state index contributed by atoms with van der Waals surface area (Å²) in [5, 5.41) is 12.3. The monoisotopic (exact) mass is 214 g/mol. The van der Waals surface area contributed by atoms with E-state index in [9.17, 15) is 0 Å². The summed E-state index contributed by atoms with van der Waals surface area (Å²) < 4.78 is 0. The van der Waals surface area contributed by atoms with Gasteiger partial charge in [0, 0.05) is 18.6 Å². The second kappa shape index (κ2) is 4.81. The van der Waals surface area contributed by atoms with E-state index in [1.54, 1.807) is 0 Å². The van der Waals surface area contributed by atoms with E-state index in [2.05, 4.69) is 26.1 Å². The molecule has 0 radical (unpaired) electrons. The lowest BCUT2D eigenvalue weighted by Gasteiger charge is -2.48. The van der Waals surface area contributed by atoms with Gasteiger partial charge in [-0.05, 0) is 30.6 Å². The van der Waals surface area contributed by atoms with Gasteiger partial charge >= 0.3 is 0 Å². The topological polar surface area (TPSA) is 58.3 Å². The van der Waals surface area contributed by atoms with Crippen molar-refractivity contribution in [2.75, 3.05) is 19.7 Å². The summed E-state index contributed by atoms with van der Waals surface area (Å²) in [6.45, 7) is 8.45. The fourth-order valence-electron chi connectivity index (χ4n) is 2.88. The molecule has 0 saturated heterocycles. The number of β-amino-alcohol motifs (C(OH)–C–C–N with tert-alkyl or cyclic N) is 1. The molecule has 0 aromatic carbocycles. The largest absolute Gasteiger partial charge is 0.395 e. The van der Waals surface area contributed by atoms with E-state index in [0.29, 0.717) is 24.4 Å². The molecule has 15 heavy (non-hydrogen) atoms. The Morgan fingerprint density at radius 3 is 2.53 bits per heavy atom. The highest BCUT2D eigenvalue weighted by Gasteiger charge is 2.42. The minimum atomic E-state index is 0.0538. The van der Waals surface area contributed by atoms with E-state index in [1.807, 2.05) is 0 Å². The molecule has 1 aliphatic carbocycles. The van der Waals surface area contributed by atoms with Gasteiger partial charge in [-0.3, -0.25) is 0 Å². The van der Waals surface area contributed by atoms with Crippen molar-refractivity contribution in [3.05, 3.63) is 0 Å². The van der Waals surface area contributed by atoms with Crippen molar-refractivity contribution >= 4 is 0 Å². The van der Waals surface area contributed by atoms with Crippen molar-refractivity contribution in [2.45, 2.75) is 45.6 Å². The number of rotatable bonds is 4. The molecule has 0 heterocycles. The van der Waals surface area contributed by atoms with Gasteiger partial charge in [0.2, 0.25) is 0 Å². The van der Waals surface area contributed by atoms with E-state index in [0.717, 1.165) is 6.42 Å². The molecule has 1 fully saturated rings. The molecule has 0 bridgehead atoms. The molecule has 90 valence electrons. The number of nitrogens with two attached hydrogens (primary N) is 1. The highest BCUT2D eigenvalue weighted by Crippen LogP contribution is 2.43. The number of hydrogen-bond acceptors (Lipinski definition) is 3. The van der Waals surface area contributed by atoms with Gasteiger partial charge in [0.1, 0.15) is 0 Å². The predicted octanol–water partition coefficient (Wildman–Crippen LogP) is 1.11. The van der Waals surface area contributed by atoms with Crippen LogP contribution in [0.4, 0.5) is 0 Å². The van der Waals surface area contributed by atoms with E-state index in [-0.39, 0.29) is 12.1 Å². The zero-order chi connectivity index (χ0) is 11.5. The van der Waals surface area contributed by atoms with Crippen LogP contribution >= 0.6 is 0 Å². The number of hydrogen-bond donors (Lipinski definition) is 3. The van der Waals surface area contributed by atoms with Crippen LogP contribution in [0, 0.1) is 11.3 Å². The Balaban J connectivity index is 2.66. The van der Waals surface area contributed by atoms with Crippen molar-refractivity contribution in [2.24, 2.45) is 17.1 Å². The summed E-state index contributed by atoms with van der Waals surface area (Å²) in [7, 11) is 0. The van der Waals surface area contributed by atoms with Crippen molar-refractivity contribution in [1.82, 2.24) is 5.32 Å². The van der Waals surface area contributed by atoms with Crippen LogP contribution in [0.1, 0.15) is 40.0 Å². The third-order valence-electron chi connectivity index (χ3n) is 4.00. The van der Waals surface area contributed by atoms with Crippen LogP contribution in [0.25, 0.3) is 0 Å². The summed E-state index contributed by atoms with van der Waals surface area (Å²) >= 11 is 0. The smallest absolute Gasteiger partial charge is 0.0556 e. The molecule has 0 aliphatic heterocycles. The van der Waals surface area contributed by atoms with Crippen molar-refractivity contribution in [3.63, 3.8) is 0 Å². The summed E-state index contributed by atoms with van der Waals surface area (Å²) in [6, 6.07) is 0. The van der Waals surface area contributed by atoms with E-state index >= 15 is 0 Å². The van der Waals surface area contributed by atoms with Crippen LogP contribution in [0.5, 0.6) is 0 Å². The molecule has 1 aliphatic rings. The first kappa shape index (κ1) is 12.9. The lowest BCUT2D eigenvalue weighted by molar-refractivity contribution is 0.0750.